The Bertz CT molecular complexity index is 827. The number of rotatable bonds is 6. The number of carbonyl (C=O) groups excluding carboxylic acids is 2. The number of carbonyl (C=O) groups is 2. The van der Waals surface area contributed by atoms with Gasteiger partial charge in [-0.25, -0.2) is 0 Å². The summed E-state index contributed by atoms with van der Waals surface area (Å²) in [5, 5.41) is 0. The van der Waals surface area contributed by atoms with Crippen LogP contribution >= 0.6 is 0 Å². The van der Waals surface area contributed by atoms with Crippen molar-refractivity contribution >= 4 is 11.9 Å². The molecule has 1 amide bonds. The van der Waals surface area contributed by atoms with Gasteiger partial charge in [0.25, 0.3) is 0 Å². The van der Waals surface area contributed by atoms with Crippen molar-refractivity contribution in [2.24, 2.45) is 46.3 Å². The van der Waals surface area contributed by atoms with Gasteiger partial charge in [-0.2, -0.15) is 0 Å². The van der Waals surface area contributed by atoms with Gasteiger partial charge in [0.05, 0.1) is 6.04 Å². The summed E-state index contributed by atoms with van der Waals surface area (Å²) < 4.78 is 6.14. The Morgan fingerprint density at radius 2 is 1.47 bits per heavy atom. The SMILES string of the molecule is CC(=O)O[C@H]1[C@H](N(C)C(=O)CC(C)C)CC[C@]2(C)[C@H]3CC[C@]4(C)[C@@H]([C@H](C)N(C)C)CC[C@H]4[C@@H]3CC[C@@H]12. The first-order valence-electron chi connectivity index (χ1n) is 14.9. The predicted octanol–water partition coefficient (Wildman–Crippen LogP) is 6.01. The lowest BCUT2D eigenvalue weighted by Gasteiger charge is -2.63. The molecule has 0 bridgehead atoms. The Kier molecular flexibility index (Phi) is 7.93. The zero-order valence-corrected chi connectivity index (χ0v) is 24.7. The maximum Gasteiger partial charge on any atom is 0.302 e. The second-order valence-electron chi connectivity index (χ2n) is 14.3. The maximum absolute atomic E-state index is 13.0. The summed E-state index contributed by atoms with van der Waals surface area (Å²) in [5.41, 5.74) is 0.637. The minimum absolute atomic E-state index is 0.000401. The Morgan fingerprint density at radius 1 is 0.861 bits per heavy atom. The van der Waals surface area contributed by atoms with Crippen LogP contribution in [0.2, 0.25) is 0 Å². The van der Waals surface area contributed by atoms with Gasteiger partial charge in [0.2, 0.25) is 5.91 Å². The summed E-state index contributed by atoms with van der Waals surface area (Å²) in [6, 6.07) is 0.631. The average Bonchev–Trinajstić information content (AvgIpc) is 3.14. The number of amides is 1. The van der Waals surface area contributed by atoms with Crippen LogP contribution in [-0.2, 0) is 14.3 Å². The smallest absolute Gasteiger partial charge is 0.302 e. The van der Waals surface area contributed by atoms with Crippen molar-refractivity contribution in [2.75, 3.05) is 21.1 Å². The van der Waals surface area contributed by atoms with E-state index in [9.17, 15) is 9.59 Å². The van der Waals surface area contributed by atoms with Gasteiger partial charge in [0.1, 0.15) is 6.10 Å². The molecule has 4 aliphatic carbocycles. The van der Waals surface area contributed by atoms with Crippen LogP contribution in [0.4, 0.5) is 0 Å². The van der Waals surface area contributed by atoms with Crippen LogP contribution < -0.4 is 0 Å². The van der Waals surface area contributed by atoms with Gasteiger partial charge >= 0.3 is 5.97 Å². The van der Waals surface area contributed by atoms with Gasteiger partial charge in [-0.15, -0.1) is 0 Å². The Morgan fingerprint density at radius 3 is 2.08 bits per heavy atom. The molecule has 10 atom stereocenters. The molecule has 4 rings (SSSR count). The van der Waals surface area contributed by atoms with E-state index in [4.69, 9.17) is 4.74 Å². The van der Waals surface area contributed by atoms with Crippen molar-refractivity contribution in [3.8, 4) is 0 Å². The fourth-order valence-corrected chi connectivity index (χ4v) is 9.92. The van der Waals surface area contributed by atoms with Crippen molar-refractivity contribution in [1.82, 2.24) is 9.80 Å². The van der Waals surface area contributed by atoms with E-state index in [-0.39, 0.29) is 29.4 Å². The topological polar surface area (TPSA) is 49.9 Å². The van der Waals surface area contributed by atoms with Crippen molar-refractivity contribution in [3.05, 3.63) is 0 Å². The molecule has 5 heteroatoms. The second-order valence-corrected chi connectivity index (χ2v) is 14.3. The molecule has 206 valence electrons. The zero-order valence-electron chi connectivity index (χ0n) is 24.7. The molecule has 0 aromatic carbocycles. The van der Waals surface area contributed by atoms with Crippen LogP contribution in [-0.4, -0.2) is 61.0 Å². The van der Waals surface area contributed by atoms with Crippen LogP contribution in [0.25, 0.3) is 0 Å². The molecule has 36 heavy (non-hydrogen) atoms. The fourth-order valence-electron chi connectivity index (χ4n) is 9.92. The highest BCUT2D eigenvalue weighted by Gasteiger charge is 2.63. The molecule has 0 radical (unpaired) electrons. The highest BCUT2D eigenvalue weighted by atomic mass is 16.5. The highest BCUT2D eigenvalue weighted by molar-refractivity contribution is 5.76. The molecule has 0 aliphatic heterocycles. The van der Waals surface area contributed by atoms with Gasteiger partial charge in [0.15, 0.2) is 0 Å². The van der Waals surface area contributed by atoms with Gasteiger partial charge in [0, 0.05) is 32.4 Å². The van der Waals surface area contributed by atoms with Crippen LogP contribution in [0.3, 0.4) is 0 Å². The van der Waals surface area contributed by atoms with E-state index < -0.39 is 0 Å². The number of likely N-dealkylation sites (N-methyl/N-ethyl adjacent to an activating group) is 1. The van der Waals surface area contributed by atoms with Gasteiger partial charge < -0.3 is 14.5 Å². The number of esters is 1. The minimum atomic E-state index is -0.200. The number of nitrogens with zero attached hydrogens (tertiary/aromatic N) is 2. The van der Waals surface area contributed by atoms with E-state index in [1.54, 1.807) is 6.92 Å². The molecule has 4 fully saturated rings. The molecule has 0 saturated heterocycles. The van der Waals surface area contributed by atoms with Crippen molar-refractivity contribution < 1.29 is 14.3 Å². The fraction of sp³-hybridized carbons (Fsp3) is 0.935. The molecule has 5 nitrogen and oxygen atoms in total. The highest BCUT2D eigenvalue weighted by Crippen LogP contribution is 2.68. The van der Waals surface area contributed by atoms with Crippen LogP contribution in [0.5, 0.6) is 0 Å². The lowest BCUT2D eigenvalue weighted by Crippen LogP contribution is -2.62. The standard InChI is InChI=1S/C31H54N2O3/c1-19(2)18-28(35)33(9)27-15-17-31(6)25-14-16-30(5)23(20(3)32(7)8)12-13-24(30)22(25)10-11-26(31)29(27)36-21(4)34/h19-20,22-27,29H,10-18H2,1-9H3/t20-,22-,23+,24-,25-,26-,27+,29+,30+,31+/m0/s1. The molecular weight excluding hydrogens is 448 g/mol. The summed E-state index contributed by atoms with van der Waals surface area (Å²) in [6.07, 6.45) is 10.2. The maximum atomic E-state index is 13.0. The van der Waals surface area contributed by atoms with Crippen molar-refractivity contribution in [1.29, 1.82) is 0 Å². The van der Waals surface area contributed by atoms with E-state index in [1.807, 2.05) is 11.9 Å². The van der Waals surface area contributed by atoms with Gasteiger partial charge in [-0.3, -0.25) is 9.59 Å². The predicted molar refractivity (Wildman–Crippen MR) is 145 cm³/mol. The van der Waals surface area contributed by atoms with E-state index in [0.29, 0.717) is 35.6 Å². The van der Waals surface area contributed by atoms with Gasteiger partial charge in [-0.05, 0) is 113 Å². The molecule has 0 unspecified atom stereocenters. The first-order chi connectivity index (χ1) is 16.8. The quantitative estimate of drug-likeness (QED) is 0.417. The third-order valence-corrected chi connectivity index (χ3v) is 11.9. The lowest BCUT2D eigenvalue weighted by atomic mass is 9.44. The Labute approximate surface area is 221 Å². The Balaban J connectivity index is 1.58. The van der Waals surface area contributed by atoms with E-state index >= 15 is 0 Å². The molecule has 0 aromatic rings. The third kappa shape index (κ3) is 4.64. The number of hydrogen-bond donors (Lipinski definition) is 0. The van der Waals surface area contributed by atoms with Crippen LogP contribution in [0.15, 0.2) is 0 Å². The average molecular weight is 503 g/mol. The van der Waals surface area contributed by atoms with Crippen molar-refractivity contribution in [3.63, 3.8) is 0 Å². The first kappa shape index (κ1) is 27.9. The lowest BCUT2D eigenvalue weighted by molar-refractivity contribution is -0.189. The van der Waals surface area contributed by atoms with E-state index in [2.05, 4.69) is 53.6 Å². The zero-order chi connectivity index (χ0) is 26.6. The number of ether oxygens (including phenoxy) is 1. The molecule has 4 saturated carbocycles. The third-order valence-electron chi connectivity index (χ3n) is 11.9. The van der Waals surface area contributed by atoms with E-state index in [0.717, 1.165) is 37.0 Å². The summed E-state index contributed by atoms with van der Waals surface area (Å²) in [5.74, 6) is 3.77. The number of fused-ring (bicyclic) bond motifs is 5. The molecule has 0 heterocycles. The normalized spacial score (nSPS) is 42.9. The largest absolute Gasteiger partial charge is 0.460 e. The Hall–Kier alpha value is -1.10. The number of hydrogen-bond acceptors (Lipinski definition) is 4. The summed E-state index contributed by atoms with van der Waals surface area (Å²) in [6.45, 7) is 13.3. The van der Waals surface area contributed by atoms with Crippen molar-refractivity contribution in [2.45, 2.75) is 118 Å². The summed E-state index contributed by atoms with van der Waals surface area (Å²) in [7, 11) is 6.43. The monoisotopic (exact) mass is 502 g/mol. The summed E-state index contributed by atoms with van der Waals surface area (Å²) in [4.78, 5) is 29.7. The molecule has 0 aromatic heterocycles. The van der Waals surface area contributed by atoms with E-state index in [1.165, 1.54) is 32.1 Å². The second kappa shape index (κ2) is 10.2. The molecule has 4 aliphatic rings. The molecular formula is C31H54N2O3. The first-order valence-corrected chi connectivity index (χ1v) is 14.9. The molecule has 0 spiro atoms. The summed E-state index contributed by atoms with van der Waals surface area (Å²) >= 11 is 0. The minimum Gasteiger partial charge on any atom is -0.460 e. The van der Waals surface area contributed by atoms with Crippen LogP contribution in [0.1, 0.15) is 99.3 Å². The van der Waals surface area contributed by atoms with Gasteiger partial charge in [-0.1, -0.05) is 27.7 Å². The van der Waals surface area contributed by atoms with Crippen LogP contribution in [0, 0.1) is 46.3 Å². The molecule has 0 N–H and O–H groups in total.